The van der Waals surface area contributed by atoms with E-state index in [4.69, 9.17) is 0 Å². The van der Waals surface area contributed by atoms with Crippen LogP contribution in [0.5, 0.6) is 0 Å². The highest BCUT2D eigenvalue weighted by Gasteiger charge is 2.11. The zero-order chi connectivity index (χ0) is 15.5. The van der Waals surface area contributed by atoms with Gasteiger partial charge in [-0.3, -0.25) is 9.36 Å². The summed E-state index contributed by atoms with van der Waals surface area (Å²) < 4.78 is 1.73. The molecule has 0 unspecified atom stereocenters. The summed E-state index contributed by atoms with van der Waals surface area (Å²) in [5, 5.41) is 4.02. The first kappa shape index (κ1) is 14.3. The fourth-order valence-corrected chi connectivity index (χ4v) is 2.36. The standard InChI is InChI=1S/C17H18N4O/c1-3-12(2)21-15(22)10-9-13-11-18-17(20-16(13)21)19-14-7-5-4-6-8-14/h4-12H,3H2,1-2H3,(H,18,19,20)/t12-/m0/s1. The van der Waals surface area contributed by atoms with Crippen molar-refractivity contribution in [2.75, 3.05) is 5.32 Å². The smallest absolute Gasteiger partial charge is 0.252 e. The SMILES string of the molecule is CC[C@H](C)n1c(=O)ccc2cnc(Nc3ccccc3)nc21. The fraction of sp³-hybridized carbons (Fsp3) is 0.235. The van der Waals surface area contributed by atoms with Crippen LogP contribution >= 0.6 is 0 Å². The minimum Gasteiger partial charge on any atom is -0.324 e. The Morgan fingerprint density at radius 1 is 1.18 bits per heavy atom. The predicted molar refractivity (Wildman–Crippen MR) is 88.5 cm³/mol. The second kappa shape index (κ2) is 5.97. The van der Waals surface area contributed by atoms with E-state index < -0.39 is 0 Å². The normalized spacial score (nSPS) is 12.3. The number of nitrogens with zero attached hydrogens (tertiary/aromatic N) is 3. The number of hydrogen-bond acceptors (Lipinski definition) is 4. The molecule has 0 bridgehead atoms. The largest absolute Gasteiger partial charge is 0.324 e. The van der Waals surface area contributed by atoms with Crippen molar-refractivity contribution < 1.29 is 0 Å². The minimum absolute atomic E-state index is 0.0359. The fourth-order valence-electron chi connectivity index (χ4n) is 2.36. The molecular weight excluding hydrogens is 276 g/mol. The summed E-state index contributed by atoms with van der Waals surface area (Å²) >= 11 is 0. The van der Waals surface area contributed by atoms with Gasteiger partial charge in [-0.2, -0.15) is 4.98 Å². The third-order valence-corrected chi connectivity index (χ3v) is 3.73. The van der Waals surface area contributed by atoms with Crippen molar-refractivity contribution in [1.29, 1.82) is 0 Å². The number of rotatable bonds is 4. The number of anilines is 2. The molecule has 0 aliphatic carbocycles. The molecule has 2 aromatic heterocycles. The van der Waals surface area contributed by atoms with E-state index in [1.165, 1.54) is 0 Å². The molecule has 3 rings (SSSR count). The van der Waals surface area contributed by atoms with E-state index >= 15 is 0 Å². The number of pyridine rings is 1. The van der Waals surface area contributed by atoms with Crippen LogP contribution in [0.4, 0.5) is 11.6 Å². The lowest BCUT2D eigenvalue weighted by Crippen LogP contribution is -2.23. The Labute approximate surface area is 128 Å². The van der Waals surface area contributed by atoms with Gasteiger partial charge in [0, 0.05) is 29.4 Å². The number of fused-ring (bicyclic) bond motifs is 1. The van der Waals surface area contributed by atoms with Crippen LogP contribution < -0.4 is 10.9 Å². The summed E-state index contributed by atoms with van der Waals surface area (Å²) in [5.74, 6) is 0.487. The first-order valence-electron chi connectivity index (χ1n) is 7.39. The number of benzene rings is 1. The molecule has 0 saturated heterocycles. The first-order valence-corrected chi connectivity index (χ1v) is 7.39. The van der Waals surface area contributed by atoms with Gasteiger partial charge >= 0.3 is 0 Å². The number of aromatic nitrogens is 3. The molecule has 0 saturated carbocycles. The average molecular weight is 294 g/mol. The van der Waals surface area contributed by atoms with Crippen molar-refractivity contribution in [2.24, 2.45) is 0 Å². The zero-order valence-electron chi connectivity index (χ0n) is 12.7. The van der Waals surface area contributed by atoms with Gasteiger partial charge in [-0.05, 0) is 31.5 Å². The summed E-state index contributed by atoms with van der Waals surface area (Å²) in [6, 6.07) is 13.2. The molecule has 5 heteroatoms. The van der Waals surface area contributed by atoms with Crippen LogP contribution in [0.25, 0.3) is 11.0 Å². The van der Waals surface area contributed by atoms with Gasteiger partial charge in [-0.1, -0.05) is 25.1 Å². The highest BCUT2D eigenvalue weighted by molar-refractivity contribution is 5.75. The van der Waals surface area contributed by atoms with E-state index in [1.807, 2.05) is 37.3 Å². The van der Waals surface area contributed by atoms with Crippen LogP contribution in [-0.4, -0.2) is 14.5 Å². The maximum absolute atomic E-state index is 12.2. The van der Waals surface area contributed by atoms with Gasteiger partial charge < -0.3 is 5.32 Å². The third-order valence-electron chi connectivity index (χ3n) is 3.73. The Balaban J connectivity index is 2.10. The molecule has 0 amide bonds. The summed E-state index contributed by atoms with van der Waals surface area (Å²) in [4.78, 5) is 21.0. The van der Waals surface area contributed by atoms with E-state index in [2.05, 4.69) is 22.2 Å². The molecule has 0 aliphatic heterocycles. The molecule has 3 aromatic rings. The maximum atomic E-state index is 12.2. The summed E-state index contributed by atoms with van der Waals surface area (Å²) in [6.07, 6.45) is 2.61. The van der Waals surface area contributed by atoms with Crippen LogP contribution in [0.2, 0.25) is 0 Å². The Kier molecular flexibility index (Phi) is 3.87. The second-order valence-corrected chi connectivity index (χ2v) is 5.26. The Morgan fingerprint density at radius 3 is 2.68 bits per heavy atom. The molecule has 1 N–H and O–H groups in total. The molecular formula is C17H18N4O. The average Bonchev–Trinajstić information content (AvgIpc) is 2.55. The van der Waals surface area contributed by atoms with Crippen LogP contribution in [0.3, 0.4) is 0 Å². The van der Waals surface area contributed by atoms with Crippen molar-refractivity contribution >= 4 is 22.7 Å². The van der Waals surface area contributed by atoms with Crippen molar-refractivity contribution in [3.63, 3.8) is 0 Å². The van der Waals surface area contributed by atoms with Gasteiger partial charge in [-0.15, -0.1) is 0 Å². The number of para-hydroxylation sites is 1. The van der Waals surface area contributed by atoms with Crippen LogP contribution in [0, 0.1) is 0 Å². The minimum atomic E-state index is -0.0359. The van der Waals surface area contributed by atoms with Gasteiger partial charge in [0.05, 0.1) is 0 Å². The summed E-state index contributed by atoms with van der Waals surface area (Å²) in [5.41, 5.74) is 1.54. The molecule has 112 valence electrons. The molecule has 0 radical (unpaired) electrons. The van der Waals surface area contributed by atoms with Gasteiger partial charge in [-0.25, -0.2) is 4.98 Å². The van der Waals surface area contributed by atoms with E-state index in [-0.39, 0.29) is 11.6 Å². The van der Waals surface area contributed by atoms with Crippen molar-refractivity contribution in [1.82, 2.24) is 14.5 Å². The Bertz CT molecular complexity index is 842. The van der Waals surface area contributed by atoms with Crippen molar-refractivity contribution in [3.8, 4) is 0 Å². The topological polar surface area (TPSA) is 59.8 Å². The van der Waals surface area contributed by atoms with Crippen molar-refractivity contribution in [2.45, 2.75) is 26.3 Å². The van der Waals surface area contributed by atoms with E-state index in [0.29, 0.717) is 11.6 Å². The molecule has 1 atom stereocenters. The molecule has 1 aromatic carbocycles. The lowest BCUT2D eigenvalue weighted by Gasteiger charge is -2.15. The van der Waals surface area contributed by atoms with Gasteiger partial charge in [0.25, 0.3) is 5.56 Å². The summed E-state index contributed by atoms with van der Waals surface area (Å²) in [6.45, 7) is 4.08. The third kappa shape index (κ3) is 2.70. The van der Waals surface area contributed by atoms with Gasteiger partial charge in [0.2, 0.25) is 5.95 Å². The maximum Gasteiger partial charge on any atom is 0.252 e. The molecule has 22 heavy (non-hydrogen) atoms. The first-order chi connectivity index (χ1) is 10.7. The molecule has 0 fully saturated rings. The molecule has 2 heterocycles. The van der Waals surface area contributed by atoms with Gasteiger partial charge in [0.15, 0.2) is 0 Å². The monoisotopic (exact) mass is 294 g/mol. The molecule has 0 spiro atoms. The van der Waals surface area contributed by atoms with Crippen LogP contribution in [-0.2, 0) is 0 Å². The van der Waals surface area contributed by atoms with E-state index in [0.717, 1.165) is 17.5 Å². The lowest BCUT2D eigenvalue weighted by molar-refractivity contribution is 0.528. The lowest BCUT2D eigenvalue weighted by atomic mass is 10.2. The highest BCUT2D eigenvalue weighted by atomic mass is 16.1. The molecule has 0 aliphatic rings. The van der Waals surface area contributed by atoms with Gasteiger partial charge in [0.1, 0.15) is 5.65 Å². The van der Waals surface area contributed by atoms with Crippen LogP contribution in [0.1, 0.15) is 26.3 Å². The Morgan fingerprint density at radius 2 is 1.95 bits per heavy atom. The predicted octanol–water partition coefficient (Wildman–Crippen LogP) is 3.51. The summed E-state index contributed by atoms with van der Waals surface area (Å²) in [7, 11) is 0. The Hall–Kier alpha value is -2.69. The zero-order valence-corrected chi connectivity index (χ0v) is 12.7. The van der Waals surface area contributed by atoms with E-state index in [9.17, 15) is 4.79 Å². The second-order valence-electron chi connectivity index (χ2n) is 5.26. The van der Waals surface area contributed by atoms with Crippen molar-refractivity contribution in [3.05, 3.63) is 59.0 Å². The van der Waals surface area contributed by atoms with E-state index in [1.54, 1.807) is 22.9 Å². The highest BCUT2D eigenvalue weighted by Crippen LogP contribution is 2.18. The number of nitrogens with one attached hydrogen (secondary N) is 1. The quantitative estimate of drug-likeness (QED) is 0.800. The van der Waals surface area contributed by atoms with Crippen LogP contribution in [0.15, 0.2) is 53.5 Å². The molecule has 5 nitrogen and oxygen atoms in total. The number of hydrogen-bond donors (Lipinski definition) is 1.